The standard InChI is InChI=1S/C27H25BrClF3N6O3/c1-5-13(2)35-26-36-21-12-37(24(40)15-6-7-19(28)18(9-15)27(30,31)32)14(3)8-17(21)25(41)38(26)16-10-20(29)22(34-11-16)23(39)33-4/h5-7,9-11,13-14H,1,8,12H2,2-4H3,(H,33,39)(H,35,36). The van der Waals surface area contributed by atoms with Crippen LogP contribution in [-0.4, -0.2) is 50.4 Å². The molecule has 0 bridgehead atoms. The number of carbonyl (C=O) groups is 2. The van der Waals surface area contributed by atoms with Crippen LogP contribution < -0.4 is 16.2 Å². The first kappa shape index (κ1) is 30.3. The number of halogens is 5. The molecule has 216 valence electrons. The van der Waals surface area contributed by atoms with Crippen molar-refractivity contribution in [3.8, 4) is 5.69 Å². The Kier molecular flexibility index (Phi) is 8.59. The number of pyridine rings is 1. The van der Waals surface area contributed by atoms with E-state index in [-0.39, 0.29) is 51.4 Å². The van der Waals surface area contributed by atoms with E-state index in [1.165, 1.54) is 40.9 Å². The average molecular weight is 654 g/mol. The first-order valence-electron chi connectivity index (χ1n) is 12.4. The smallest absolute Gasteiger partial charge is 0.354 e. The molecule has 0 radical (unpaired) electrons. The number of hydrogen-bond donors (Lipinski definition) is 2. The van der Waals surface area contributed by atoms with Crippen molar-refractivity contribution in [2.24, 2.45) is 0 Å². The van der Waals surface area contributed by atoms with E-state index in [4.69, 9.17) is 11.6 Å². The van der Waals surface area contributed by atoms with Gasteiger partial charge in [0.15, 0.2) is 0 Å². The van der Waals surface area contributed by atoms with Crippen LogP contribution in [0.2, 0.25) is 5.02 Å². The van der Waals surface area contributed by atoms with Gasteiger partial charge >= 0.3 is 6.18 Å². The highest BCUT2D eigenvalue weighted by Gasteiger charge is 2.36. The van der Waals surface area contributed by atoms with Crippen LogP contribution in [0.25, 0.3) is 5.69 Å². The second kappa shape index (κ2) is 11.6. The molecule has 9 nitrogen and oxygen atoms in total. The van der Waals surface area contributed by atoms with Gasteiger partial charge < -0.3 is 15.5 Å². The highest BCUT2D eigenvalue weighted by Crippen LogP contribution is 2.36. The molecule has 3 aromatic rings. The maximum Gasteiger partial charge on any atom is 0.417 e. The van der Waals surface area contributed by atoms with Gasteiger partial charge in [0, 0.05) is 34.7 Å². The van der Waals surface area contributed by atoms with E-state index in [1.807, 2.05) is 0 Å². The van der Waals surface area contributed by atoms with Crippen LogP contribution in [0.4, 0.5) is 19.1 Å². The van der Waals surface area contributed by atoms with E-state index < -0.39 is 35.2 Å². The number of anilines is 1. The number of amides is 2. The van der Waals surface area contributed by atoms with Gasteiger partial charge in [0.25, 0.3) is 17.4 Å². The molecule has 14 heteroatoms. The second-order valence-electron chi connectivity index (χ2n) is 9.45. The van der Waals surface area contributed by atoms with Gasteiger partial charge in [0.1, 0.15) is 5.69 Å². The van der Waals surface area contributed by atoms with E-state index in [2.05, 4.69) is 43.1 Å². The minimum atomic E-state index is -4.65. The minimum absolute atomic E-state index is 0.0183. The molecule has 2 aromatic heterocycles. The number of aromatic nitrogens is 3. The Morgan fingerprint density at radius 1 is 1.29 bits per heavy atom. The number of hydrogen-bond acceptors (Lipinski definition) is 6. The van der Waals surface area contributed by atoms with Gasteiger partial charge in [-0.3, -0.25) is 14.4 Å². The normalized spacial score (nSPS) is 15.6. The summed E-state index contributed by atoms with van der Waals surface area (Å²) in [6.45, 7) is 7.13. The topological polar surface area (TPSA) is 109 Å². The Morgan fingerprint density at radius 2 is 2.00 bits per heavy atom. The summed E-state index contributed by atoms with van der Waals surface area (Å²) >= 11 is 9.20. The Hall–Kier alpha value is -3.71. The van der Waals surface area contributed by atoms with Crippen molar-refractivity contribution in [2.45, 2.75) is 45.1 Å². The van der Waals surface area contributed by atoms with Crippen LogP contribution in [0.1, 0.15) is 51.5 Å². The van der Waals surface area contributed by atoms with Crippen LogP contribution in [0.5, 0.6) is 0 Å². The summed E-state index contributed by atoms with van der Waals surface area (Å²) in [6.07, 6.45) is -1.63. The molecule has 0 saturated carbocycles. The molecule has 2 unspecified atom stereocenters. The summed E-state index contributed by atoms with van der Waals surface area (Å²) < 4.78 is 41.5. The van der Waals surface area contributed by atoms with E-state index in [0.29, 0.717) is 11.3 Å². The van der Waals surface area contributed by atoms with E-state index >= 15 is 0 Å². The Balaban J connectivity index is 1.79. The fraction of sp³-hybridized carbons (Fsp3) is 0.296. The molecule has 2 N–H and O–H groups in total. The zero-order valence-electron chi connectivity index (χ0n) is 22.1. The van der Waals surface area contributed by atoms with Crippen molar-refractivity contribution in [2.75, 3.05) is 12.4 Å². The number of rotatable bonds is 6. The zero-order valence-corrected chi connectivity index (χ0v) is 24.5. The lowest BCUT2D eigenvalue weighted by Crippen LogP contribution is -2.46. The summed E-state index contributed by atoms with van der Waals surface area (Å²) in [6, 6.07) is 3.86. The van der Waals surface area contributed by atoms with Gasteiger partial charge in [-0.05, 0) is 44.5 Å². The molecule has 4 rings (SSSR count). The van der Waals surface area contributed by atoms with Crippen LogP contribution in [0, 0.1) is 0 Å². The number of nitrogens with zero attached hydrogens (tertiary/aromatic N) is 4. The van der Waals surface area contributed by atoms with Crippen molar-refractivity contribution in [3.63, 3.8) is 0 Å². The Labute approximate surface area is 246 Å². The Bertz CT molecular complexity index is 1610. The summed E-state index contributed by atoms with van der Waals surface area (Å²) in [5, 5.41) is 5.55. The van der Waals surface area contributed by atoms with Crippen LogP contribution in [0.15, 0.2) is 52.4 Å². The zero-order chi connectivity index (χ0) is 30.2. The van der Waals surface area contributed by atoms with Gasteiger partial charge in [0.2, 0.25) is 5.95 Å². The SMILES string of the molecule is C=CC(C)Nc1nc2c(c(=O)n1-c1cnc(C(=O)NC)c(Cl)c1)CC(C)N(C(=O)c1ccc(Br)c(C(F)(F)F)c1)C2. The first-order chi connectivity index (χ1) is 19.3. The molecular formula is C27H25BrClF3N6O3. The molecule has 3 heterocycles. The van der Waals surface area contributed by atoms with Crippen molar-refractivity contribution in [1.29, 1.82) is 0 Å². The van der Waals surface area contributed by atoms with Gasteiger partial charge in [-0.2, -0.15) is 13.2 Å². The number of fused-ring (bicyclic) bond motifs is 1. The van der Waals surface area contributed by atoms with E-state index in [1.54, 1.807) is 19.9 Å². The third kappa shape index (κ3) is 6.01. The van der Waals surface area contributed by atoms with Crippen molar-refractivity contribution >= 4 is 45.3 Å². The van der Waals surface area contributed by atoms with Crippen LogP contribution in [0.3, 0.4) is 0 Å². The molecule has 0 spiro atoms. The quantitative estimate of drug-likeness (QED) is 0.363. The molecule has 41 heavy (non-hydrogen) atoms. The fourth-order valence-corrected chi connectivity index (χ4v) is 5.12. The lowest BCUT2D eigenvalue weighted by atomic mass is 9.98. The predicted molar refractivity (Wildman–Crippen MR) is 151 cm³/mol. The molecule has 1 aliphatic heterocycles. The van der Waals surface area contributed by atoms with Crippen molar-refractivity contribution < 1.29 is 22.8 Å². The van der Waals surface area contributed by atoms with Crippen LogP contribution in [-0.2, 0) is 19.1 Å². The summed E-state index contributed by atoms with van der Waals surface area (Å²) in [4.78, 5) is 49.4. The number of carbonyl (C=O) groups excluding carboxylic acids is 2. The largest absolute Gasteiger partial charge is 0.417 e. The second-order valence-corrected chi connectivity index (χ2v) is 10.7. The fourth-order valence-electron chi connectivity index (χ4n) is 4.41. The lowest BCUT2D eigenvalue weighted by molar-refractivity contribution is -0.138. The molecule has 1 aromatic carbocycles. The van der Waals surface area contributed by atoms with Gasteiger partial charge in [-0.15, -0.1) is 6.58 Å². The molecule has 1 aliphatic rings. The molecule has 2 atom stereocenters. The molecular weight excluding hydrogens is 629 g/mol. The average Bonchev–Trinajstić information content (AvgIpc) is 2.92. The molecule has 2 amide bonds. The minimum Gasteiger partial charge on any atom is -0.354 e. The van der Waals surface area contributed by atoms with Gasteiger partial charge in [-0.1, -0.05) is 33.6 Å². The summed E-state index contributed by atoms with van der Waals surface area (Å²) in [5.74, 6) is -1.01. The van der Waals surface area contributed by atoms with E-state index in [9.17, 15) is 27.6 Å². The number of nitrogens with one attached hydrogen (secondary N) is 2. The molecule has 0 fully saturated rings. The van der Waals surface area contributed by atoms with Crippen LogP contribution >= 0.6 is 27.5 Å². The lowest BCUT2D eigenvalue weighted by Gasteiger charge is -2.35. The van der Waals surface area contributed by atoms with Gasteiger partial charge in [-0.25, -0.2) is 14.5 Å². The van der Waals surface area contributed by atoms with Crippen molar-refractivity contribution in [1.82, 2.24) is 24.8 Å². The first-order valence-corrected chi connectivity index (χ1v) is 13.5. The molecule has 0 aliphatic carbocycles. The third-order valence-electron chi connectivity index (χ3n) is 6.63. The van der Waals surface area contributed by atoms with E-state index in [0.717, 1.165) is 6.07 Å². The molecule has 0 saturated heterocycles. The number of alkyl halides is 3. The maximum absolute atomic E-state index is 13.8. The van der Waals surface area contributed by atoms with Crippen molar-refractivity contribution in [3.05, 3.63) is 91.0 Å². The predicted octanol–water partition coefficient (Wildman–Crippen LogP) is 5.00. The number of benzene rings is 1. The summed E-state index contributed by atoms with van der Waals surface area (Å²) in [7, 11) is 1.44. The highest BCUT2D eigenvalue weighted by atomic mass is 79.9. The third-order valence-corrected chi connectivity index (χ3v) is 7.61. The Morgan fingerprint density at radius 3 is 2.61 bits per heavy atom. The monoisotopic (exact) mass is 652 g/mol. The maximum atomic E-state index is 13.8. The highest BCUT2D eigenvalue weighted by molar-refractivity contribution is 9.10. The van der Waals surface area contributed by atoms with Gasteiger partial charge in [0.05, 0.1) is 34.7 Å². The summed E-state index contributed by atoms with van der Waals surface area (Å²) in [5.41, 5.74) is -0.685.